The number of carbonyl (C=O) groups is 3. The number of hydrogen-bond donors (Lipinski definition) is 3. The monoisotopic (exact) mass is 487 g/mol. The Bertz CT molecular complexity index is 924. The van der Waals surface area contributed by atoms with Gasteiger partial charge in [0, 0.05) is 17.8 Å². The normalized spacial score (nSPS) is 30.7. The molecule has 3 amide bonds. The summed E-state index contributed by atoms with van der Waals surface area (Å²) >= 11 is 1.66. The van der Waals surface area contributed by atoms with Gasteiger partial charge in [0.2, 0.25) is 17.7 Å². The molecule has 1 aromatic rings. The molecule has 3 aliphatic heterocycles. The molecule has 3 N–H and O–H groups in total. The van der Waals surface area contributed by atoms with Crippen LogP contribution in [0, 0.1) is 17.8 Å². The lowest BCUT2D eigenvalue weighted by atomic mass is 9.70. The molecule has 2 bridgehead atoms. The van der Waals surface area contributed by atoms with Gasteiger partial charge in [0.25, 0.3) is 0 Å². The van der Waals surface area contributed by atoms with Crippen molar-refractivity contribution < 1.29 is 19.5 Å². The average molecular weight is 488 g/mol. The van der Waals surface area contributed by atoms with E-state index in [2.05, 4.69) is 10.6 Å². The van der Waals surface area contributed by atoms with E-state index in [9.17, 15) is 19.5 Å². The lowest BCUT2D eigenvalue weighted by molar-refractivity contribution is -0.143. The molecule has 0 aromatic heterocycles. The summed E-state index contributed by atoms with van der Waals surface area (Å²) in [6.45, 7) is 8.12. The number of hydrogen-bond acceptors (Lipinski definition) is 5. The van der Waals surface area contributed by atoms with Crippen molar-refractivity contribution in [2.45, 2.75) is 81.6 Å². The predicted octanol–water partition coefficient (Wildman–Crippen LogP) is 2.33. The molecule has 3 heterocycles. The minimum atomic E-state index is -0.676. The van der Waals surface area contributed by atoms with E-state index in [4.69, 9.17) is 0 Å². The Balaban J connectivity index is 1.65. The van der Waals surface area contributed by atoms with Crippen molar-refractivity contribution in [3.05, 3.63) is 35.9 Å². The van der Waals surface area contributed by atoms with Gasteiger partial charge in [-0.25, -0.2) is 0 Å². The second-order valence-electron chi connectivity index (χ2n) is 10.6. The topological polar surface area (TPSA) is 98.7 Å². The van der Waals surface area contributed by atoms with Gasteiger partial charge in [-0.1, -0.05) is 44.2 Å². The van der Waals surface area contributed by atoms with Crippen molar-refractivity contribution in [1.29, 1.82) is 0 Å². The molecule has 2 unspecified atom stereocenters. The number of rotatable bonds is 9. The molecule has 186 valence electrons. The molecular formula is C26H37N3O4S. The molecule has 1 aromatic carbocycles. The number of amides is 3. The Labute approximate surface area is 206 Å². The molecule has 8 heteroatoms. The third kappa shape index (κ3) is 4.35. The van der Waals surface area contributed by atoms with Gasteiger partial charge in [-0.3, -0.25) is 14.4 Å². The maximum absolute atomic E-state index is 14.0. The molecule has 3 saturated heterocycles. The van der Waals surface area contributed by atoms with Crippen LogP contribution in [0.2, 0.25) is 0 Å². The number of carbonyl (C=O) groups excluding carboxylic acids is 3. The minimum Gasteiger partial charge on any atom is -0.394 e. The van der Waals surface area contributed by atoms with Crippen molar-refractivity contribution in [2.75, 3.05) is 6.61 Å². The van der Waals surface area contributed by atoms with Gasteiger partial charge in [0.15, 0.2) is 0 Å². The maximum atomic E-state index is 14.0. The van der Waals surface area contributed by atoms with Crippen LogP contribution in [0.3, 0.4) is 0 Å². The summed E-state index contributed by atoms with van der Waals surface area (Å²) in [5, 5.41) is 16.3. The van der Waals surface area contributed by atoms with Crippen LogP contribution in [-0.2, 0) is 20.9 Å². The molecule has 3 aliphatic rings. The molecule has 3 fully saturated rings. The van der Waals surface area contributed by atoms with E-state index in [0.717, 1.165) is 18.4 Å². The highest BCUT2D eigenvalue weighted by Crippen LogP contribution is 2.66. The smallest absolute Gasteiger partial charge is 0.244 e. The zero-order valence-electron chi connectivity index (χ0n) is 20.5. The van der Waals surface area contributed by atoms with Crippen molar-refractivity contribution in [3.8, 4) is 0 Å². The Morgan fingerprint density at radius 2 is 1.88 bits per heavy atom. The summed E-state index contributed by atoms with van der Waals surface area (Å²) in [5.74, 6) is -1.20. The number of nitrogens with zero attached hydrogens (tertiary/aromatic N) is 1. The third-order valence-electron chi connectivity index (χ3n) is 7.38. The Kier molecular flexibility index (Phi) is 7.29. The zero-order valence-corrected chi connectivity index (χ0v) is 21.3. The maximum Gasteiger partial charge on any atom is 0.244 e. The lowest BCUT2D eigenvalue weighted by Crippen LogP contribution is -2.57. The van der Waals surface area contributed by atoms with Crippen LogP contribution < -0.4 is 10.6 Å². The highest BCUT2D eigenvalue weighted by atomic mass is 32.2. The summed E-state index contributed by atoms with van der Waals surface area (Å²) < 4.78 is -0.625. The fourth-order valence-corrected chi connectivity index (χ4v) is 8.38. The first-order chi connectivity index (χ1) is 16.2. The number of benzene rings is 1. The molecule has 6 atom stereocenters. The first-order valence-corrected chi connectivity index (χ1v) is 13.3. The van der Waals surface area contributed by atoms with E-state index < -0.39 is 28.7 Å². The van der Waals surface area contributed by atoms with Gasteiger partial charge in [0.1, 0.15) is 6.04 Å². The Hall–Kier alpha value is -2.06. The van der Waals surface area contributed by atoms with Gasteiger partial charge in [-0.2, -0.15) is 0 Å². The molecule has 0 saturated carbocycles. The van der Waals surface area contributed by atoms with Crippen LogP contribution in [0.4, 0.5) is 0 Å². The standard InChI is InChI=1S/C26H37N3O4S/c1-15(2)12-18(14-30)29-22(24(32)28-16(3)4)26-11-10-19(34-26)20(21(26)25(29)33)23(31)27-13-17-8-6-5-7-9-17/h5-9,15-16,18-22,30H,10-14H2,1-4H3,(H,27,31)(H,28,32)/t18-,19-,20+,21+,22?,26?/m1/s1. The summed E-state index contributed by atoms with van der Waals surface area (Å²) in [6, 6.07) is 8.55. The third-order valence-corrected chi connectivity index (χ3v) is 9.33. The van der Waals surface area contributed by atoms with Crippen LogP contribution in [0.5, 0.6) is 0 Å². The van der Waals surface area contributed by atoms with Gasteiger partial charge in [-0.15, -0.1) is 11.8 Å². The fraction of sp³-hybridized carbons (Fsp3) is 0.654. The van der Waals surface area contributed by atoms with Crippen LogP contribution >= 0.6 is 11.8 Å². The fourth-order valence-electron chi connectivity index (χ4n) is 6.17. The molecule has 34 heavy (non-hydrogen) atoms. The number of fused-ring (bicyclic) bond motifs is 1. The number of likely N-dealkylation sites (tertiary alicyclic amines) is 1. The quantitative estimate of drug-likeness (QED) is 0.497. The first-order valence-electron chi connectivity index (χ1n) is 12.4. The summed E-state index contributed by atoms with van der Waals surface area (Å²) in [7, 11) is 0. The molecule has 0 radical (unpaired) electrons. The molecule has 4 rings (SSSR count). The van der Waals surface area contributed by atoms with Gasteiger partial charge in [0.05, 0.1) is 29.2 Å². The number of aliphatic hydroxyl groups is 1. The second kappa shape index (κ2) is 9.90. The van der Waals surface area contributed by atoms with Crippen LogP contribution in [-0.4, -0.2) is 62.5 Å². The van der Waals surface area contributed by atoms with E-state index in [1.54, 1.807) is 16.7 Å². The summed E-state index contributed by atoms with van der Waals surface area (Å²) in [6.07, 6.45) is 2.15. The SMILES string of the molecule is CC(C)C[C@H](CO)N1C(=O)[C@@H]2[C@@H](C(=O)NCc3ccccc3)[C@H]3CCC2(S3)C1C(=O)NC(C)C. The zero-order chi connectivity index (χ0) is 24.6. The van der Waals surface area contributed by atoms with Crippen molar-refractivity contribution in [2.24, 2.45) is 17.8 Å². The minimum absolute atomic E-state index is 0.0268. The molecule has 0 aliphatic carbocycles. The van der Waals surface area contributed by atoms with Crippen molar-refractivity contribution >= 4 is 29.5 Å². The molecular weight excluding hydrogens is 450 g/mol. The van der Waals surface area contributed by atoms with E-state index in [1.165, 1.54) is 0 Å². The Morgan fingerprint density at radius 1 is 1.18 bits per heavy atom. The number of thioether (sulfide) groups is 1. The van der Waals surface area contributed by atoms with Gasteiger partial charge < -0.3 is 20.6 Å². The van der Waals surface area contributed by atoms with Crippen molar-refractivity contribution in [1.82, 2.24) is 15.5 Å². The van der Waals surface area contributed by atoms with Gasteiger partial charge in [-0.05, 0) is 44.6 Å². The van der Waals surface area contributed by atoms with E-state index in [-0.39, 0.29) is 41.5 Å². The number of nitrogens with one attached hydrogen (secondary N) is 2. The highest BCUT2D eigenvalue weighted by molar-refractivity contribution is 8.02. The lowest BCUT2D eigenvalue weighted by Gasteiger charge is -2.38. The average Bonchev–Trinajstić information content (AvgIpc) is 3.43. The molecule has 7 nitrogen and oxygen atoms in total. The number of aliphatic hydroxyl groups excluding tert-OH is 1. The Morgan fingerprint density at radius 3 is 2.50 bits per heavy atom. The van der Waals surface area contributed by atoms with E-state index in [1.807, 2.05) is 58.0 Å². The van der Waals surface area contributed by atoms with Crippen LogP contribution in [0.1, 0.15) is 52.5 Å². The largest absolute Gasteiger partial charge is 0.394 e. The van der Waals surface area contributed by atoms with Crippen LogP contribution in [0.25, 0.3) is 0 Å². The van der Waals surface area contributed by atoms with E-state index >= 15 is 0 Å². The van der Waals surface area contributed by atoms with E-state index in [0.29, 0.717) is 13.0 Å². The second-order valence-corrected chi connectivity index (χ2v) is 12.2. The summed E-state index contributed by atoms with van der Waals surface area (Å²) in [4.78, 5) is 42.6. The summed E-state index contributed by atoms with van der Waals surface area (Å²) in [5.41, 5.74) is 1.01. The van der Waals surface area contributed by atoms with Crippen LogP contribution in [0.15, 0.2) is 30.3 Å². The molecule has 1 spiro atoms. The van der Waals surface area contributed by atoms with Crippen molar-refractivity contribution in [3.63, 3.8) is 0 Å². The predicted molar refractivity (Wildman–Crippen MR) is 133 cm³/mol. The highest BCUT2D eigenvalue weighted by Gasteiger charge is 2.74. The first kappa shape index (κ1) is 25.0. The van der Waals surface area contributed by atoms with Gasteiger partial charge >= 0.3 is 0 Å².